The number of rotatable bonds is 7. The molecule has 0 saturated carbocycles. The van der Waals surface area contributed by atoms with Crippen molar-refractivity contribution < 1.29 is 25.2 Å². The van der Waals surface area contributed by atoms with Crippen molar-refractivity contribution in [3.8, 4) is 0 Å². The van der Waals surface area contributed by atoms with E-state index in [-0.39, 0.29) is 19.6 Å². The van der Waals surface area contributed by atoms with Crippen LogP contribution in [0.5, 0.6) is 0 Å². The minimum Gasteiger partial charge on any atom is -0.394 e. The minimum atomic E-state index is -0.882. The summed E-state index contributed by atoms with van der Waals surface area (Å²) in [4.78, 5) is 25.9. The molecule has 2 rings (SSSR count). The lowest BCUT2D eigenvalue weighted by atomic mass is 10.1. The van der Waals surface area contributed by atoms with E-state index in [1.807, 2.05) is 0 Å². The van der Waals surface area contributed by atoms with E-state index in [1.165, 1.54) is 10.8 Å². The van der Waals surface area contributed by atoms with Gasteiger partial charge < -0.3 is 25.2 Å². The molecule has 23 heavy (non-hydrogen) atoms. The fourth-order valence-electron chi connectivity index (χ4n) is 2.59. The van der Waals surface area contributed by atoms with Gasteiger partial charge in [-0.3, -0.25) is 14.3 Å². The van der Waals surface area contributed by atoms with Crippen molar-refractivity contribution in [2.75, 3.05) is 13.2 Å². The lowest BCUT2D eigenvalue weighted by Gasteiger charge is -2.15. The molecule has 0 aromatic carbocycles. The molecule has 0 amide bonds. The van der Waals surface area contributed by atoms with Gasteiger partial charge in [-0.25, -0.2) is 4.79 Å². The van der Waals surface area contributed by atoms with Crippen molar-refractivity contribution >= 4 is 0 Å². The van der Waals surface area contributed by atoms with Crippen LogP contribution in [0.4, 0.5) is 0 Å². The van der Waals surface area contributed by atoms with Gasteiger partial charge in [0.2, 0.25) is 0 Å². The Kier molecular flexibility index (Phi) is 6.08. The molecule has 1 saturated heterocycles. The summed E-state index contributed by atoms with van der Waals surface area (Å²) in [5, 5.41) is 36.9. The Morgan fingerprint density at radius 2 is 2.13 bits per heavy atom. The van der Waals surface area contributed by atoms with Crippen LogP contribution in [-0.4, -0.2) is 61.5 Å². The second-order valence-corrected chi connectivity index (χ2v) is 5.66. The Bertz CT molecular complexity index is 626. The zero-order valence-electron chi connectivity index (χ0n) is 12.6. The predicted molar refractivity (Wildman–Crippen MR) is 79.0 cm³/mol. The van der Waals surface area contributed by atoms with Gasteiger partial charge >= 0.3 is 5.69 Å². The first-order valence-corrected chi connectivity index (χ1v) is 7.54. The number of nitrogens with zero attached hydrogens (tertiary/aromatic N) is 1. The van der Waals surface area contributed by atoms with Gasteiger partial charge in [-0.05, 0) is 19.3 Å². The molecule has 2 heterocycles. The average molecular weight is 330 g/mol. The van der Waals surface area contributed by atoms with E-state index < -0.39 is 35.8 Å². The Labute approximate surface area is 131 Å². The van der Waals surface area contributed by atoms with Gasteiger partial charge in [0.05, 0.1) is 25.4 Å². The van der Waals surface area contributed by atoms with Crippen LogP contribution in [0.25, 0.3) is 0 Å². The molecular weight excluding hydrogens is 308 g/mol. The van der Waals surface area contributed by atoms with Gasteiger partial charge in [0, 0.05) is 18.2 Å². The lowest BCUT2D eigenvalue weighted by Crippen LogP contribution is -2.34. The van der Waals surface area contributed by atoms with E-state index in [1.54, 1.807) is 0 Å². The van der Waals surface area contributed by atoms with Gasteiger partial charge in [0.15, 0.2) is 0 Å². The van der Waals surface area contributed by atoms with E-state index in [9.17, 15) is 19.8 Å². The molecule has 0 radical (unpaired) electrons. The van der Waals surface area contributed by atoms with Gasteiger partial charge in [0.1, 0.15) is 12.3 Å². The second-order valence-electron chi connectivity index (χ2n) is 5.66. The summed E-state index contributed by atoms with van der Waals surface area (Å²) in [6, 6.07) is 0. The number of aliphatic hydroxyl groups excluding tert-OH is 4. The zero-order valence-corrected chi connectivity index (χ0v) is 12.6. The van der Waals surface area contributed by atoms with Crippen LogP contribution in [0, 0.1) is 0 Å². The average Bonchev–Trinajstić information content (AvgIpc) is 2.89. The molecule has 130 valence electrons. The molecule has 0 spiro atoms. The van der Waals surface area contributed by atoms with Crippen LogP contribution in [0.2, 0.25) is 0 Å². The molecular formula is C14H22N2O7. The SMILES string of the molecule is O=c1[nH]c(=O)n([C@H]2C[C@H](O)[C@@H](CO)O2)cc1CCCC(O)CO. The third-order valence-corrected chi connectivity index (χ3v) is 3.93. The molecule has 1 aliphatic heterocycles. The zero-order chi connectivity index (χ0) is 17.0. The third-order valence-electron chi connectivity index (χ3n) is 3.93. The Hall–Kier alpha value is -1.52. The highest BCUT2D eigenvalue weighted by atomic mass is 16.5. The molecule has 9 heteroatoms. The van der Waals surface area contributed by atoms with Crippen molar-refractivity contribution in [3.05, 3.63) is 32.6 Å². The Morgan fingerprint density at radius 3 is 2.74 bits per heavy atom. The number of hydrogen-bond donors (Lipinski definition) is 5. The quantitative estimate of drug-likeness (QED) is 0.383. The summed E-state index contributed by atoms with van der Waals surface area (Å²) in [6.45, 7) is -0.701. The summed E-state index contributed by atoms with van der Waals surface area (Å²) in [5.74, 6) is 0. The highest BCUT2D eigenvalue weighted by Crippen LogP contribution is 2.27. The summed E-state index contributed by atoms with van der Waals surface area (Å²) in [5.41, 5.74) is -0.813. The first kappa shape index (κ1) is 17.8. The molecule has 1 fully saturated rings. The molecule has 0 bridgehead atoms. The Balaban J connectivity index is 2.14. The van der Waals surface area contributed by atoms with Crippen LogP contribution in [0.15, 0.2) is 15.8 Å². The first-order valence-electron chi connectivity index (χ1n) is 7.54. The number of aromatic amines is 1. The van der Waals surface area contributed by atoms with Crippen molar-refractivity contribution in [3.63, 3.8) is 0 Å². The number of H-pyrrole nitrogens is 1. The van der Waals surface area contributed by atoms with Gasteiger partial charge in [-0.15, -0.1) is 0 Å². The van der Waals surface area contributed by atoms with Crippen LogP contribution in [0.1, 0.15) is 31.1 Å². The molecule has 1 unspecified atom stereocenters. The lowest BCUT2D eigenvalue weighted by molar-refractivity contribution is -0.0460. The number of aliphatic hydroxyl groups is 4. The maximum Gasteiger partial charge on any atom is 0.330 e. The normalized spacial score (nSPS) is 25.7. The number of nitrogens with one attached hydrogen (secondary N) is 1. The van der Waals surface area contributed by atoms with Crippen LogP contribution in [-0.2, 0) is 11.2 Å². The maximum absolute atomic E-state index is 11.9. The molecule has 1 aromatic rings. The maximum atomic E-state index is 11.9. The van der Waals surface area contributed by atoms with Crippen LogP contribution < -0.4 is 11.2 Å². The number of ether oxygens (including phenoxy) is 1. The van der Waals surface area contributed by atoms with E-state index in [0.717, 1.165) is 0 Å². The van der Waals surface area contributed by atoms with Gasteiger partial charge in [-0.2, -0.15) is 0 Å². The fraction of sp³-hybridized carbons (Fsp3) is 0.714. The molecule has 5 N–H and O–H groups in total. The molecule has 4 atom stereocenters. The molecule has 9 nitrogen and oxygen atoms in total. The summed E-state index contributed by atoms with van der Waals surface area (Å²) >= 11 is 0. The van der Waals surface area contributed by atoms with E-state index in [0.29, 0.717) is 24.8 Å². The predicted octanol–water partition coefficient (Wildman–Crippen LogP) is -2.15. The second kappa shape index (κ2) is 7.84. The van der Waals surface area contributed by atoms with Crippen molar-refractivity contribution in [2.45, 2.75) is 50.2 Å². The summed E-state index contributed by atoms with van der Waals surface area (Å²) < 4.78 is 6.61. The number of hydrogen-bond acceptors (Lipinski definition) is 7. The minimum absolute atomic E-state index is 0.139. The van der Waals surface area contributed by atoms with Crippen LogP contribution in [0.3, 0.4) is 0 Å². The standard InChI is InChI=1S/C14H22N2O7/c17-6-9(19)3-1-2-8-5-16(14(22)15-13(8)21)12-4-10(20)11(7-18)23-12/h5,9-12,17-20H,1-4,6-7H2,(H,15,21,22)/t9?,10-,11+,12+/m0/s1. The van der Waals surface area contributed by atoms with Crippen molar-refractivity contribution in [1.29, 1.82) is 0 Å². The fourth-order valence-corrected chi connectivity index (χ4v) is 2.59. The van der Waals surface area contributed by atoms with E-state index in [2.05, 4.69) is 4.98 Å². The molecule has 1 aromatic heterocycles. The largest absolute Gasteiger partial charge is 0.394 e. The van der Waals surface area contributed by atoms with E-state index >= 15 is 0 Å². The first-order chi connectivity index (χ1) is 11.0. The number of aryl methyl sites for hydroxylation is 1. The van der Waals surface area contributed by atoms with E-state index in [4.69, 9.17) is 14.9 Å². The highest BCUT2D eigenvalue weighted by Gasteiger charge is 2.35. The molecule has 1 aliphatic rings. The number of aromatic nitrogens is 2. The highest BCUT2D eigenvalue weighted by molar-refractivity contribution is 5.05. The smallest absolute Gasteiger partial charge is 0.330 e. The van der Waals surface area contributed by atoms with Gasteiger partial charge in [0.25, 0.3) is 5.56 Å². The summed E-state index contributed by atoms with van der Waals surface area (Å²) in [6.07, 6.45) is -0.591. The summed E-state index contributed by atoms with van der Waals surface area (Å²) in [7, 11) is 0. The third kappa shape index (κ3) is 4.27. The van der Waals surface area contributed by atoms with Crippen molar-refractivity contribution in [2.24, 2.45) is 0 Å². The topological polar surface area (TPSA) is 145 Å². The molecule has 0 aliphatic carbocycles. The van der Waals surface area contributed by atoms with Crippen molar-refractivity contribution in [1.82, 2.24) is 9.55 Å². The van der Waals surface area contributed by atoms with Gasteiger partial charge in [-0.1, -0.05) is 0 Å². The Morgan fingerprint density at radius 1 is 1.39 bits per heavy atom. The van der Waals surface area contributed by atoms with Crippen LogP contribution >= 0.6 is 0 Å². The monoisotopic (exact) mass is 330 g/mol.